The van der Waals surface area contributed by atoms with Crippen molar-refractivity contribution in [3.05, 3.63) is 52.2 Å². The molecule has 1 aromatic carbocycles. The molecule has 21 heavy (non-hydrogen) atoms. The molecule has 1 aromatic heterocycles. The quantitative estimate of drug-likeness (QED) is 0.880. The van der Waals surface area contributed by atoms with Crippen LogP contribution in [0.2, 0.25) is 5.02 Å². The van der Waals surface area contributed by atoms with Crippen molar-refractivity contribution in [3.8, 4) is 0 Å². The van der Waals surface area contributed by atoms with Crippen LogP contribution in [0.15, 0.2) is 33.6 Å². The minimum absolute atomic E-state index is 0.0228. The van der Waals surface area contributed by atoms with Gasteiger partial charge in [-0.05, 0) is 31.2 Å². The maximum atomic E-state index is 14.0. The van der Waals surface area contributed by atoms with E-state index in [1.807, 2.05) is 0 Å². The van der Waals surface area contributed by atoms with Crippen molar-refractivity contribution in [2.75, 3.05) is 0 Å². The second kappa shape index (κ2) is 6.15. The molecule has 0 spiro atoms. The molecule has 2 aromatic rings. The first-order chi connectivity index (χ1) is 9.83. The molecule has 0 aliphatic heterocycles. The maximum Gasteiger partial charge on any atom is 0.243 e. The van der Waals surface area contributed by atoms with Crippen LogP contribution < -0.4 is 4.72 Å². The van der Waals surface area contributed by atoms with Gasteiger partial charge in [0.1, 0.15) is 22.2 Å². The predicted molar refractivity (Wildman–Crippen MR) is 74.8 cm³/mol. The molecular weight excluding hydrogens is 321 g/mol. The first-order valence-corrected chi connectivity index (χ1v) is 7.83. The Morgan fingerprint density at radius 1 is 1.38 bits per heavy atom. The van der Waals surface area contributed by atoms with Gasteiger partial charge in [-0.1, -0.05) is 11.6 Å². The molecule has 0 atom stereocenters. The molecule has 5 nitrogen and oxygen atoms in total. The van der Waals surface area contributed by atoms with Crippen molar-refractivity contribution < 1.29 is 22.3 Å². The van der Waals surface area contributed by atoms with Crippen LogP contribution in [0.4, 0.5) is 4.39 Å². The summed E-state index contributed by atoms with van der Waals surface area (Å²) in [7, 11) is -4.12. The van der Waals surface area contributed by atoms with Crippen LogP contribution in [-0.4, -0.2) is 13.5 Å². The maximum absolute atomic E-state index is 14.0. The highest BCUT2D eigenvalue weighted by atomic mass is 35.5. The Balaban J connectivity index is 2.29. The number of halogens is 2. The molecule has 114 valence electrons. The molecule has 0 unspecified atom stereocenters. The summed E-state index contributed by atoms with van der Waals surface area (Å²) in [4.78, 5) is -0.609. The summed E-state index contributed by atoms with van der Waals surface area (Å²) in [5.41, 5.74) is -0.184. The Hall–Kier alpha value is -1.41. The smallest absolute Gasteiger partial charge is 0.243 e. The zero-order valence-electron chi connectivity index (χ0n) is 11.1. The standard InChI is InChI=1S/C13H13ClFNO4S/c1-8-2-3-11(20-8)6-16-21(18,19)12-5-10(14)4-9(7-17)13(12)15/h2-5,16-17H,6-7H2,1H3. The van der Waals surface area contributed by atoms with Gasteiger partial charge in [-0.25, -0.2) is 17.5 Å². The highest BCUT2D eigenvalue weighted by Gasteiger charge is 2.22. The Labute approximate surface area is 126 Å². The molecule has 1 heterocycles. The number of benzene rings is 1. The largest absolute Gasteiger partial charge is 0.465 e. The van der Waals surface area contributed by atoms with Crippen LogP contribution in [0.25, 0.3) is 0 Å². The topological polar surface area (TPSA) is 79.5 Å². The zero-order valence-corrected chi connectivity index (χ0v) is 12.6. The minimum Gasteiger partial charge on any atom is -0.465 e. The summed E-state index contributed by atoms with van der Waals surface area (Å²) in [6.45, 7) is 0.963. The monoisotopic (exact) mass is 333 g/mol. The van der Waals surface area contributed by atoms with Crippen LogP contribution in [-0.2, 0) is 23.2 Å². The van der Waals surface area contributed by atoms with Crippen LogP contribution >= 0.6 is 11.6 Å². The Bertz CT molecular complexity index is 758. The average molecular weight is 334 g/mol. The number of aliphatic hydroxyl groups is 1. The number of nitrogens with one attached hydrogen (secondary N) is 1. The first kappa shape index (κ1) is 16.0. The lowest BCUT2D eigenvalue weighted by atomic mass is 10.2. The molecule has 0 saturated carbocycles. The van der Waals surface area contributed by atoms with E-state index in [2.05, 4.69) is 4.72 Å². The second-order valence-corrected chi connectivity index (χ2v) is 6.54. The van der Waals surface area contributed by atoms with E-state index in [9.17, 15) is 12.8 Å². The SMILES string of the molecule is Cc1ccc(CNS(=O)(=O)c2cc(Cl)cc(CO)c2F)o1. The average Bonchev–Trinajstić information content (AvgIpc) is 2.84. The molecule has 0 saturated heterocycles. The van der Waals surface area contributed by atoms with E-state index in [1.54, 1.807) is 19.1 Å². The van der Waals surface area contributed by atoms with Crippen molar-refractivity contribution in [2.24, 2.45) is 0 Å². The van der Waals surface area contributed by atoms with Gasteiger partial charge in [0.25, 0.3) is 0 Å². The number of rotatable bonds is 5. The number of aryl methyl sites for hydroxylation is 1. The second-order valence-electron chi connectivity index (χ2n) is 4.37. The third kappa shape index (κ3) is 3.62. The van der Waals surface area contributed by atoms with Gasteiger partial charge in [-0.15, -0.1) is 0 Å². The highest BCUT2D eigenvalue weighted by Crippen LogP contribution is 2.24. The summed E-state index contributed by atoms with van der Waals surface area (Å²) in [5, 5.41) is 9.04. The van der Waals surface area contributed by atoms with Gasteiger partial charge < -0.3 is 9.52 Å². The van der Waals surface area contributed by atoms with Crippen LogP contribution in [0.3, 0.4) is 0 Å². The van der Waals surface area contributed by atoms with Gasteiger partial charge in [-0.3, -0.25) is 0 Å². The van der Waals surface area contributed by atoms with Crippen molar-refractivity contribution in [2.45, 2.75) is 25.0 Å². The molecule has 0 amide bonds. The van der Waals surface area contributed by atoms with Crippen LogP contribution in [0, 0.1) is 12.7 Å². The third-order valence-electron chi connectivity index (χ3n) is 2.77. The fourth-order valence-corrected chi connectivity index (χ4v) is 3.20. The number of furan rings is 1. The van der Waals surface area contributed by atoms with Gasteiger partial charge in [0.2, 0.25) is 10.0 Å². The van der Waals surface area contributed by atoms with Crippen molar-refractivity contribution in [3.63, 3.8) is 0 Å². The van der Waals surface area contributed by atoms with Gasteiger partial charge >= 0.3 is 0 Å². The van der Waals surface area contributed by atoms with E-state index in [4.69, 9.17) is 21.1 Å². The lowest BCUT2D eigenvalue weighted by Crippen LogP contribution is -2.24. The van der Waals surface area contributed by atoms with E-state index >= 15 is 0 Å². The molecule has 2 rings (SSSR count). The molecule has 2 N–H and O–H groups in total. The first-order valence-electron chi connectivity index (χ1n) is 5.97. The van der Waals surface area contributed by atoms with Gasteiger partial charge in [0.05, 0.1) is 13.2 Å². The number of aliphatic hydroxyl groups excluding tert-OH is 1. The minimum atomic E-state index is -4.12. The van der Waals surface area contributed by atoms with E-state index in [-0.39, 0.29) is 17.1 Å². The Kier molecular flexibility index (Phi) is 4.67. The molecule has 0 bridgehead atoms. The lowest BCUT2D eigenvalue weighted by Gasteiger charge is -2.09. The normalized spacial score (nSPS) is 11.8. The molecule has 0 aliphatic carbocycles. The van der Waals surface area contributed by atoms with Crippen LogP contribution in [0.5, 0.6) is 0 Å². The highest BCUT2D eigenvalue weighted by molar-refractivity contribution is 7.89. The summed E-state index contributed by atoms with van der Waals surface area (Å²) < 4.78 is 45.7. The predicted octanol–water partition coefficient (Wildman–Crippen LogP) is 2.35. The van der Waals surface area contributed by atoms with E-state index in [0.29, 0.717) is 11.5 Å². The fraction of sp³-hybridized carbons (Fsp3) is 0.231. The molecule has 8 heteroatoms. The van der Waals surface area contributed by atoms with Crippen molar-refractivity contribution in [1.82, 2.24) is 4.72 Å². The van der Waals surface area contributed by atoms with Crippen LogP contribution in [0.1, 0.15) is 17.1 Å². The number of sulfonamides is 1. The molecule has 0 radical (unpaired) electrons. The van der Waals surface area contributed by atoms with E-state index in [1.165, 1.54) is 6.07 Å². The van der Waals surface area contributed by atoms with E-state index < -0.39 is 27.3 Å². The Morgan fingerprint density at radius 3 is 2.67 bits per heavy atom. The summed E-state index contributed by atoms with van der Waals surface area (Å²) >= 11 is 5.74. The molecule has 0 fully saturated rings. The number of hydrogen-bond donors (Lipinski definition) is 2. The number of hydrogen-bond acceptors (Lipinski definition) is 4. The van der Waals surface area contributed by atoms with E-state index in [0.717, 1.165) is 6.07 Å². The molecular formula is C13H13ClFNO4S. The summed E-state index contributed by atoms with van der Waals surface area (Å²) in [6.07, 6.45) is 0. The van der Waals surface area contributed by atoms with Gasteiger partial charge in [0.15, 0.2) is 0 Å². The van der Waals surface area contributed by atoms with Gasteiger partial charge in [-0.2, -0.15) is 0 Å². The molecule has 0 aliphatic rings. The fourth-order valence-electron chi connectivity index (χ4n) is 1.75. The Morgan fingerprint density at radius 2 is 2.10 bits per heavy atom. The van der Waals surface area contributed by atoms with Gasteiger partial charge in [0, 0.05) is 10.6 Å². The summed E-state index contributed by atoms with van der Waals surface area (Å²) in [5.74, 6) is 0.0200. The van der Waals surface area contributed by atoms with Crippen molar-refractivity contribution >= 4 is 21.6 Å². The van der Waals surface area contributed by atoms with Crippen molar-refractivity contribution in [1.29, 1.82) is 0 Å². The lowest BCUT2D eigenvalue weighted by molar-refractivity contribution is 0.274. The summed E-state index contributed by atoms with van der Waals surface area (Å²) in [6, 6.07) is 5.47. The zero-order chi connectivity index (χ0) is 15.6. The third-order valence-corrected chi connectivity index (χ3v) is 4.39.